The minimum absolute atomic E-state index is 0.365. The van der Waals surface area contributed by atoms with Crippen LogP contribution in [0.15, 0.2) is 0 Å². The van der Waals surface area contributed by atoms with E-state index in [2.05, 4.69) is 17.1 Å². The molecule has 0 amide bonds. The second-order valence-electron chi connectivity index (χ2n) is 6.98. The molecule has 1 atom stereocenters. The number of likely N-dealkylation sites (tertiary alicyclic amines) is 1. The fourth-order valence-corrected chi connectivity index (χ4v) is 3.40. The standard InChI is InChI=1S/C17H34N2O2/c1-15-5-7-17(8-6-15)21-14-16(20)13-18-9-4-12-19-10-2-3-11-19/h15-18,20H,2-14H2,1H3. The molecular weight excluding hydrogens is 264 g/mol. The third-order valence-electron chi connectivity index (χ3n) is 4.89. The van der Waals surface area contributed by atoms with Crippen LogP contribution in [0.1, 0.15) is 51.9 Å². The van der Waals surface area contributed by atoms with E-state index >= 15 is 0 Å². The fourth-order valence-electron chi connectivity index (χ4n) is 3.40. The Balaban J connectivity index is 1.41. The Bertz CT molecular complexity index is 262. The molecule has 1 heterocycles. The molecule has 0 aromatic rings. The van der Waals surface area contributed by atoms with E-state index in [1.165, 1.54) is 51.7 Å². The summed E-state index contributed by atoms with van der Waals surface area (Å²) in [7, 11) is 0. The van der Waals surface area contributed by atoms with Gasteiger partial charge < -0.3 is 20.1 Å². The van der Waals surface area contributed by atoms with Crippen molar-refractivity contribution in [1.29, 1.82) is 0 Å². The van der Waals surface area contributed by atoms with Gasteiger partial charge in [0.25, 0.3) is 0 Å². The van der Waals surface area contributed by atoms with Crippen molar-refractivity contribution in [2.24, 2.45) is 5.92 Å². The molecule has 1 saturated heterocycles. The van der Waals surface area contributed by atoms with E-state index in [-0.39, 0.29) is 6.10 Å². The number of nitrogens with one attached hydrogen (secondary N) is 1. The van der Waals surface area contributed by atoms with Crippen molar-refractivity contribution in [2.75, 3.05) is 39.3 Å². The normalized spacial score (nSPS) is 28.9. The maximum absolute atomic E-state index is 9.94. The third kappa shape index (κ3) is 7.09. The monoisotopic (exact) mass is 298 g/mol. The van der Waals surface area contributed by atoms with Gasteiger partial charge in [0, 0.05) is 6.54 Å². The van der Waals surface area contributed by atoms with Crippen LogP contribution in [0.5, 0.6) is 0 Å². The highest BCUT2D eigenvalue weighted by Gasteiger charge is 2.19. The van der Waals surface area contributed by atoms with E-state index < -0.39 is 0 Å². The highest BCUT2D eigenvalue weighted by molar-refractivity contribution is 4.71. The minimum atomic E-state index is -0.365. The molecule has 0 aromatic carbocycles. The van der Waals surface area contributed by atoms with Crippen LogP contribution < -0.4 is 5.32 Å². The van der Waals surface area contributed by atoms with Gasteiger partial charge >= 0.3 is 0 Å². The van der Waals surface area contributed by atoms with Gasteiger partial charge in [0.1, 0.15) is 0 Å². The van der Waals surface area contributed by atoms with Gasteiger partial charge in [-0.1, -0.05) is 6.92 Å². The maximum atomic E-state index is 9.94. The van der Waals surface area contributed by atoms with E-state index in [9.17, 15) is 5.11 Å². The van der Waals surface area contributed by atoms with E-state index in [1.807, 2.05) is 0 Å². The molecule has 0 radical (unpaired) electrons. The lowest BCUT2D eigenvalue weighted by Crippen LogP contribution is -2.34. The molecule has 2 fully saturated rings. The summed E-state index contributed by atoms with van der Waals surface area (Å²) in [5.74, 6) is 0.854. The Kier molecular flexibility index (Phi) is 8.01. The quantitative estimate of drug-likeness (QED) is 0.639. The summed E-state index contributed by atoms with van der Waals surface area (Å²) < 4.78 is 5.83. The zero-order chi connectivity index (χ0) is 14.9. The van der Waals surface area contributed by atoms with E-state index in [0.717, 1.165) is 25.3 Å². The van der Waals surface area contributed by atoms with Gasteiger partial charge in [-0.05, 0) is 77.0 Å². The zero-order valence-electron chi connectivity index (χ0n) is 13.7. The molecule has 0 spiro atoms. The van der Waals surface area contributed by atoms with E-state index in [4.69, 9.17) is 4.74 Å². The number of hydrogen-bond donors (Lipinski definition) is 2. The van der Waals surface area contributed by atoms with Crippen LogP contribution in [0.3, 0.4) is 0 Å². The van der Waals surface area contributed by atoms with Gasteiger partial charge in [-0.15, -0.1) is 0 Å². The summed E-state index contributed by atoms with van der Waals surface area (Å²) >= 11 is 0. The van der Waals surface area contributed by atoms with Crippen molar-refractivity contribution < 1.29 is 9.84 Å². The number of hydrogen-bond acceptors (Lipinski definition) is 4. The van der Waals surface area contributed by atoms with Crippen molar-refractivity contribution in [1.82, 2.24) is 10.2 Å². The Morgan fingerprint density at radius 3 is 2.62 bits per heavy atom. The molecule has 1 aliphatic carbocycles. The van der Waals surface area contributed by atoms with Crippen LogP contribution in [0.4, 0.5) is 0 Å². The molecule has 2 N–H and O–H groups in total. The first-order chi connectivity index (χ1) is 10.2. The maximum Gasteiger partial charge on any atom is 0.0897 e. The van der Waals surface area contributed by atoms with Crippen molar-refractivity contribution in [3.63, 3.8) is 0 Å². The topological polar surface area (TPSA) is 44.7 Å². The average Bonchev–Trinajstić information content (AvgIpc) is 2.99. The molecule has 1 aliphatic heterocycles. The number of rotatable bonds is 9. The average molecular weight is 298 g/mol. The number of aliphatic hydroxyl groups excluding tert-OH is 1. The highest BCUT2D eigenvalue weighted by atomic mass is 16.5. The first kappa shape index (κ1) is 17.2. The van der Waals surface area contributed by atoms with Crippen molar-refractivity contribution in [3.05, 3.63) is 0 Å². The van der Waals surface area contributed by atoms with Gasteiger partial charge in [-0.25, -0.2) is 0 Å². The molecule has 1 unspecified atom stereocenters. The van der Waals surface area contributed by atoms with E-state index in [0.29, 0.717) is 19.3 Å². The van der Waals surface area contributed by atoms with Crippen molar-refractivity contribution >= 4 is 0 Å². The Morgan fingerprint density at radius 1 is 1.19 bits per heavy atom. The van der Waals surface area contributed by atoms with Crippen LogP contribution in [0.2, 0.25) is 0 Å². The Morgan fingerprint density at radius 2 is 1.90 bits per heavy atom. The lowest BCUT2D eigenvalue weighted by molar-refractivity contribution is -0.0277. The van der Waals surface area contributed by atoms with Gasteiger partial charge in [0.05, 0.1) is 18.8 Å². The second kappa shape index (κ2) is 9.78. The summed E-state index contributed by atoms with van der Waals surface area (Å²) in [6.07, 6.45) is 8.79. The number of nitrogens with zero attached hydrogens (tertiary/aromatic N) is 1. The highest BCUT2D eigenvalue weighted by Crippen LogP contribution is 2.25. The SMILES string of the molecule is CC1CCC(OCC(O)CNCCCN2CCCC2)CC1. The third-order valence-corrected chi connectivity index (χ3v) is 4.89. The first-order valence-electron chi connectivity index (χ1n) is 8.97. The molecule has 0 aromatic heterocycles. The second-order valence-corrected chi connectivity index (χ2v) is 6.98. The van der Waals surface area contributed by atoms with Crippen molar-refractivity contribution in [2.45, 2.75) is 64.1 Å². The summed E-state index contributed by atoms with van der Waals surface area (Å²) in [6, 6.07) is 0. The van der Waals surface area contributed by atoms with Crippen LogP contribution in [0.25, 0.3) is 0 Å². The van der Waals surface area contributed by atoms with Crippen LogP contribution in [0, 0.1) is 5.92 Å². The molecule has 21 heavy (non-hydrogen) atoms. The summed E-state index contributed by atoms with van der Waals surface area (Å²) in [4.78, 5) is 2.53. The molecular formula is C17H34N2O2. The molecule has 1 saturated carbocycles. The van der Waals surface area contributed by atoms with Crippen LogP contribution in [-0.2, 0) is 4.74 Å². The lowest BCUT2D eigenvalue weighted by Gasteiger charge is -2.27. The molecule has 0 bridgehead atoms. The molecule has 4 nitrogen and oxygen atoms in total. The van der Waals surface area contributed by atoms with Crippen molar-refractivity contribution in [3.8, 4) is 0 Å². The van der Waals surface area contributed by atoms with Crippen LogP contribution in [-0.4, -0.2) is 61.5 Å². The predicted molar refractivity (Wildman–Crippen MR) is 86.5 cm³/mol. The molecule has 2 rings (SSSR count). The largest absolute Gasteiger partial charge is 0.389 e. The molecule has 124 valence electrons. The van der Waals surface area contributed by atoms with Gasteiger partial charge in [-0.3, -0.25) is 0 Å². The van der Waals surface area contributed by atoms with Crippen LogP contribution >= 0.6 is 0 Å². The molecule has 2 aliphatic rings. The summed E-state index contributed by atoms with van der Waals surface area (Å²) in [5.41, 5.74) is 0. The number of ether oxygens (including phenoxy) is 1. The predicted octanol–water partition coefficient (Wildman–Crippen LogP) is 2.02. The van der Waals surface area contributed by atoms with Gasteiger partial charge in [0.2, 0.25) is 0 Å². The minimum Gasteiger partial charge on any atom is -0.389 e. The smallest absolute Gasteiger partial charge is 0.0897 e. The summed E-state index contributed by atoms with van der Waals surface area (Å²) in [6.45, 7) is 8.19. The van der Waals surface area contributed by atoms with Gasteiger partial charge in [-0.2, -0.15) is 0 Å². The Labute approximate surface area is 130 Å². The van der Waals surface area contributed by atoms with Gasteiger partial charge in [0.15, 0.2) is 0 Å². The molecule has 4 heteroatoms. The number of aliphatic hydroxyl groups is 1. The zero-order valence-corrected chi connectivity index (χ0v) is 13.7. The summed E-state index contributed by atoms with van der Waals surface area (Å²) in [5, 5.41) is 13.3. The van der Waals surface area contributed by atoms with E-state index in [1.54, 1.807) is 0 Å². The Hall–Kier alpha value is -0.160. The lowest BCUT2D eigenvalue weighted by atomic mass is 9.89. The fraction of sp³-hybridized carbons (Fsp3) is 1.00. The first-order valence-corrected chi connectivity index (χ1v) is 8.97.